The van der Waals surface area contributed by atoms with E-state index in [1.807, 2.05) is 25.3 Å². The van der Waals surface area contributed by atoms with E-state index in [1.54, 1.807) is 4.52 Å². The molecule has 2 aromatic heterocycles. The Labute approximate surface area is 99.5 Å². The monoisotopic (exact) mass is 232 g/mol. The molecule has 2 aromatic rings. The first-order chi connectivity index (χ1) is 8.22. The Bertz CT molecular complexity index is 544. The van der Waals surface area contributed by atoms with Gasteiger partial charge in [0.15, 0.2) is 5.65 Å². The third-order valence-corrected chi connectivity index (χ3v) is 3.47. The smallest absolute Gasteiger partial charge is 0.243 e. The first-order valence-corrected chi connectivity index (χ1v) is 5.89. The molecule has 3 rings (SSSR count). The molecule has 2 heterocycles. The third kappa shape index (κ3) is 1.86. The fourth-order valence-corrected chi connectivity index (χ4v) is 1.95. The maximum atomic E-state index is 9.23. The van der Waals surface area contributed by atoms with Crippen molar-refractivity contribution in [2.45, 2.75) is 19.8 Å². The molecule has 1 aliphatic carbocycles. The molecule has 5 nitrogen and oxygen atoms in total. The van der Waals surface area contributed by atoms with E-state index in [9.17, 15) is 5.11 Å². The normalized spacial score (nSPS) is 17.3. The van der Waals surface area contributed by atoms with Crippen molar-refractivity contribution in [3.8, 4) is 0 Å². The van der Waals surface area contributed by atoms with Crippen molar-refractivity contribution in [3.63, 3.8) is 0 Å². The number of hydrogen-bond donors (Lipinski definition) is 2. The zero-order chi connectivity index (χ0) is 11.9. The number of hydrogen-bond acceptors (Lipinski definition) is 4. The van der Waals surface area contributed by atoms with Crippen molar-refractivity contribution in [3.05, 3.63) is 23.9 Å². The van der Waals surface area contributed by atoms with Crippen molar-refractivity contribution in [2.24, 2.45) is 5.41 Å². The molecule has 0 atom stereocenters. The lowest BCUT2D eigenvalue weighted by molar-refractivity contribution is 0.219. The van der Waals surface area contributed by atoms with Gasteiger partial charge in [0.1, 0.15) is 0 Å². The summed E-state index contributed by atoms with van der Waals surface area (Å²) in [5.41, 5.74) is 2.06. The van der Waals surface area contributed by atoms with Crippen molar-refractivity contribution < 1.29 is 5.11 Å². The van der Waals surface area contributed by atoms with Gasteiger partial charge in [-0.2, -0.15) is 4.98 Å². The molecule has 1 saturated carbocycles. The minimum absolute atomic E-state index is 0.0759. The molecule has 0 radical (unpaired) electrons. The number of rotatable bonds is 4. The Kier molecular flexibility index (Phi) is 2.29. The number of aromatic nitrogens is 3. The number of pyridine rings is 1. The summed E-state index contributed by atoms with van der Waals surface area (Å²) >= 11 is 0. The third-order valence-electron chi connectivity index (χ3n) is 3.47. The van der Waals surface area contributed by atoms with Crippen LogP contribution in [0.5, 0.6) is 0 Å². The fourth-order valence-electron chi connectivity index (χ4n) is 1.95. The van der Waals surface area contributed by atoms with Gasteiger partial charge >= 0.3 is 0 Å². The minimum atomic E-state index is 0.0759. The van der Waals surface area contributed by atoms with Crippen LogP contribution in [0.4, 0.5) is 5.95 Å². The number of aryl methyl sites for hydroxylation is 1. The molecule has 0 aliphatic heterocycles. The summed E-state index contributed by atoms with van der Waals surface area (Å²) in [5, 5.41) is 16.8. The number of anilines is 1. The second kappa shape index (κ2) is 3.70. The van der Waals surface area contributed by atoms with E-state index in [0.717, 1.165) is 30.6 Å². The molecule has 5 heteroatoms. The van der Waals surface area contributed by atoms with Gasteiger partial charge in [-0.3, -0.25) is 0 Å². The SMILES string of the molecule is Cc1cccn2nc(NCC3(CO)CC3)nc12. The molecule has 0 unspecified atom stereocenters. The maximum Gasteiger partial charge on any atom is 0.243 e. The highest BCUT2D eigenvalue weighted by Gasteiger charge is 2.41. The fraction of sp³-hybridized carbons (Fsp3) is 0.500. The summed E-state index contributed by atoms with van der Waals surface area (Å²) in [6.07, 6.45) is 4.06. The summed E-state index contributed by atoms with van der Waals surface area (Å²) in [7, 11) is 0. The lowest BCUT2D eigenvalue weighted by atomic mass is 10.1. The Balaban J connectivity index is 1.79. The van der Waals surface area contributed by atoms with Gasteiger partial charge in [-0.1, -0.05) is 6.07 Å². The molecule has 1 fully saturated rings. The molecule has 0 saturated heterocycles. The molecular formula is C12H16N4O. The van der Waals surface area contributed by atoms with Gasteiger partial charge in [0.05, 0.1) is 6.61 Å². The van der Waals surface area contributed by atoms with Crippen LogP contribution in [-0.2, 0) is 0 Å². The largest absolute Gasteiger partial charge is 0.396 e. The summed E-state index contributed by atoms with van der Waals surface area (Å²) in [5.74, 6) is 0.638. The number of aliphatic hydroxyl groups excluding tert-OH is 1. The van der Waals surface area contributed by atoms with E-state index < -0.39 is 0 Å². The first-order valence-electron chi connectivity index (χ1n) is 5.89. The Morgan fingerprint density at radius 1 is 1.53 bits per heavy atom. The van der Waals surface area contributed by atoms with Crippen LogP contribution in [-0.4, -0.2) is 32.9 Å². The Hall–Kier alpha value is -1.62. The lowest BCUT2D eigenvalue weighted by Gasteiger charge is -2.10. The summed E-state index contributed by atoms with van der Waals surface area (Å²) < 4.78 is 1.77. The van der Waals surface area contributed by atoms with Crippen molar-refractivity contribution in [1.29, 1.82) is 0 Å². The average Bonchev–Trinajstić information content (AvgIpc) is 3.00. The molecule has 17 heavy (non-hydrogen) atoms. The van der Waals surface area contributed by atoms with Gasteiger partial charge in [0, 0.05) is 18.2 Å². The molecule has 90 valence electrons. The van der Waals surface area contributed by atoms with Gasteiger partial charge in [-0.05, 0) is 31.4 Å². The van der Waals surface area contributed by atoms with Gasteiger partial charge in [0.2, 0.25) is 5.95 Å². The highest BCUT2D eigenvalue weighted by molar-refractivity contribution is 5.49. The molecule has 2 N–H and O–H groups in total. The van der Waals surface area contributed by atoms with E-state index in [-0.39, 0.29) is 12.0 Å². The first kappa shape index (κ1) is 10.5. The summed E-state index contributed by atoms with van der Waals surface area (Å²) in [6, 6.07) is 3.97. The zero-order valence-electron chi connectivity index (χ0n) is 9.85. The zero-order valence-corrected chi connectivity index (χ0v) is 9.85. The standard InChI is InChI=1S/C12H16N4O/c1-9-3-2-6-16-10(9)14-11(15-16)13-7-12(8-17)4-5-12/h2-3,6,17H,4-5,7-8H2,1H3,(H,13,15). The highest BCUT2D eigenvalue weighted by atomic mass is 16.3. The molecule has 0 bridgehead atoms. The summed E-state index contributed by atoms with van der Waals surface area (Å²) in [4.78, 5) is 4.44. The number of fused-ring (bicyclic) bond motifs is 1. The van der Waals surface area contributed by atoms with Crippen LogP contribution in [0, 0.1) is 12.3 Å². The van der Waals surface area contributed by atoms with E-state index in [0.29, 0.717) is 5.95 Å². The second-order valence-electron chi connectivity index (χ2n) is 4.91. The quantitative estimate of drug-likeness (QED) is 0.832. The molecule has 0 amide bonds. The van der Waals surface area contributed by atoms with E-state index in [2.05, 4.69) is 15.4 Å². The van der Waals surface area contributed by atoms with Gasteiger partial charge < -0.3 is 10.4 Å². The highest BCUT2D eigenvalue weighted by Crippen LogP contribution is 2.44. The van der Waals surface area contributed by atoms with E-state index in [1.165, 1.54) is 0 Å². The van der Waals surface area contributed by atoms with E-state index in [4.69, 9.17) is 0 Å². The van der Waals surface area contributed by atoms with E-state index >= 15 is 0 Å². The maximum absolute atomic E-state index is 9.23. The summed E-state index contributed by atoms with van der Waals surface area (Å²) in [6.45, 7) is 3.01. The van der Waals surface area contributed by atoms with Crippen LogP contribution in [0.1, 0.15) is 18.4 Å². The Morgan fingerprint density at radius 2 is 2.35 bits per heavy atom. The second-order valence-corrected chi connectivity index (χ2v) is 4.91. The van der Waals surface area contributed by atoms with Crippen LogP contribution in [0.3, 0.4) is 0 Å². The van der Waals surface area contributed by atoms with Crippen LogP contribution >= 0.6 is 0 Å². The average molecular weight is 232 g/mol. The minimum Gasteiger partial charge on any atom is -0.396 e. The van der Waals surface area contributed by atoms with Crippen molar-refractivity contribution >= 4 is 11.6 Å². The lowest BCUT2D eigenvalue weighted by Crippen LogP contribution is -2.19. The number of nitrogens with zero attached hydrogens (tertiary/aromatic N) is 3. The van der Waals surface area contributed by atoms with Gasteiger partial charge in [0.25, 0.3) is 0 Å². The van der Waals surface area contributed by atoms with Crippen LogP contribution in [0.2, 0.25) is 0 Å². The van der Waals surface area contributed by atoms with Crippen LogP contribution < -0.4 is 5.32 Å². The van der Waals surface area contributed by atoms with Crippen molar-refractivity contribution in [1.82, 2.24) is 14.6 Å². The van der Waals surface area contributed by atoms with Crippen LogP contribution in [0.15, 0.2) is 18.3 Å². The predicted molar refractivity (Wildman–Crippen MR) is 65.0 cm³/mol. The number of nitrogens with one attached hydrogen (secondary N) is 1. The molecule has 0 spiro atoms. The van der Waals surface area contributed by atoms with Gasteiger partial charge in [-0.25, -0.2) is 4.52 Å². The predicted octanol–water partition coefficient (Wildman–Crippen LogP) is 1.22. The topological polar surface area (TPSA) is 62.5 Å². The Morgan fingerprint density at radius 3 is 3.00 bits per heavy atom. The van der Waals surface area contributed by atoms with Crippen molar-refractivity contribution in [2.75, 3.05) is 18.5 Å². The number of aliphatic hydroxyl groups is 1. The van der Waals surface area contributed by atoms with Gasteiger partial charge in [-0.15, -0.1) is 5.10 Å². The molecule has 1 aliphatic rings. The molecule has 0 aromatic carbocycles. The van der Waals surface area contributed by atoms with Crippen LogP contribution in [0.25, 0.3) is 5.65 Å². The molecular weight excluding hydrogens is 216 g/mol.